The molecule has 1 aromatic carbocycles. The molecule has 0 aliphatic heterocycles. The van der Waals surface area contributed by atoms with Crippen molar-refractivity contribution in [2.75, 3.05) is 0 Å². The van der Waals surface area contributed by atoms with Crippen LogP contribution < -0.4 is 5.46 Å². The fourth-order valence-electron chi connectivity index (χ4n) is 1.16. The van der Waals surface area contributed by atoms with Gasteiger partial charge in [-0.3, -0.25) is 0 Å². The lowest BCUT2D eigenvalue weighted by Gasteiger charge is -1.98. The minimum absolute atomic E-state index is 1.21. The number of aryl methyl sites for hydroxylation is 1. The summed E-state index contributed by atoms with van der Waals surface area (Å²) in [5, 5.41) is 0. The molecule has 0 aliphatic rings. The van der Waals surface area contributed by atoms with E-state index in [0.717, 1.165) is 0 Å². The van der Waals surface area contributed by atoms with Gasteiger partial charge in [0.05, 0.1) is 0 Å². The number of rotatable bonds is 2. The Bertz CT molecular complexity index is 206. The summed E-state index contributed by atoms with van der Waals surface area (Å²) in [7, 11) is 2.14. The molecule has 0 fully saturated rings. The third-order valence-corrected chi connectivity index (χ3v) is 1.62. The number of hydrogen-bond acceptors (Lipinski definition) is 0. The van der Waals surface area contributed by atoms with E-state index < -0.39 is 0 Å². The van der Waals surface area contributed by atoms with Gasteiger partial charge >= 0.3 is 0 Å². The van der Waals surface area contributed by atoms with E-state index in [1.807, 2.05) is 0 Å². The molecular formula is C9H13B. The van der Waals surface area contributed by atoms with Crippen molar-refractivity contribution in [3.8, 4) is 0 Å². The molecular weight excluding hydrogens is 119 g/mol. The Labute approximate surface area is 63.7 Å². The molecule has 0 radical (unpaired) electrons. The number of benzene rings is 1. The van der Waals surface area contributed by atoms with Crippen LogP contribution in [0.2, 0.25) is 0 Å². The highest BCUT2D eigenvalue weighted by Crippen LogP contribution is 1.98. The van der Waals surface area contributed by atoms with Crippen molar-refractivity contribution >= 4 is 13.3 Å². The summed E-state index contributed by atoms with van der Waals surface area (Å²) in [5.41, 5.74) is 2.83. The predicted molar refractivity (Wildman–Crippen MR) is 48.6 cm³/mol. The van der Waals surface area contributed by atoms with E-state index >= 15 is 0 Å². The molecule has 1 aromatic rings. The third-order valence-electron chi connectivity index (χ3n) is 1.62. The van der Waals surface area contributed by atoms with E-state index in [2.05, 4.69) is 39.0 Å². The highest BCUT2D eigenvalue weighted by atomic mass is 13.9. The summed E-state index contributed by atoms with van der Waals surface area (Å²) in [5.74, 6) is 0. The van der Waals surface area contributed by atoms with Crippen molar-refractivity contribution in [3.63, 3.8) is 0 Å². The fraction of sp³-hybridized carbons (Fsp3) is 0.333. The smallest absolute Gasteiger partial charge is 0.0887 e. The summed E-state index contributed by atoms with van der Waals surface area (Å²) < 4.78 is 0. The molecule has 0 nitrogen and oxygen atoms in total. The molecule has 0 bridgehead atoms. The molecule has 0 heterocycles. The summed E-state index contributed by atoms with van der Waals surface area (Å²) >= 11 is 0. The van der Waals surface area contributed by atoms with Crippen molar-refractivity contribution in [1.29, 1.82) is 0 Å². The molecule has 0 unspecified atom stereocenters. The lowest BCUT2D eigenvalue weighted by molar-refractivity contribution is 0.923. The minimum atomic E-state index is 1.21. The van der Waals surface area contributed by atoms with Crippen molar-refractivity contribution in [3.05, 3.63) is 29.8 Å². The van der Waals surface area contributed by atoms with Gasteiger partial charge in [0.25, 0.3) is 0 Å². The van der Waals surface area contributed by atoms with E-state index in [1.165, 1.54) is 23.9 Å². The van der Waals surface area contributed by atoms with Crippen LogP contribution in [0.5, 0.6) is 0 Å². The molecule has 52 valence electrons. The molecule has 0 spiro atoms. The fourth-order valence-corrected chi connectivity index (χ4v) is 1.16. The van der Waals surface area contributed by atoms with Gasteiger partial charge in [-0.2, -0.15) is 0 Å². The van der Waals surface area contributed by atoms with Crippen molar-refractivity contribution in [2.45, 2.75) is 19.8 Å². The predicted octanol–water partition coefficient (Wildman–Crippen LogP) is 0.898. The van der Waals surface area contributed by atoms with Gasteiger partial charge in [0, 0.05) is 0 Å². The van der Waals surface area contributed by atoms with Gasteiger partial charge in [0.1, 0.15) is 7.85 Å². The zero-order chi connectivity index (χ0) is 7.40. The monoisotopic (exact) mass is 132 g/mol. The molecule has 0 aromatic heterocycles. The lowest BCUT2D eigenvalue weighted by atomic mass is 9.93. The van der Waals surface area contributed by atoms with Crippen LogP contribution in [0, 0.1) is 0 Å². The van der Waals surface area contributed by atoms with Crippen LogP contribution >= 0.6 is 0 Å². The summed E-state index contributed by atoms with van der Waals surface area (Å²) in [6.07, 6.45) is 2.45. The van der Waals surface area contributed by atoms with Crippen LogP contribution in [0.15, 0.2) is 24.3 Å². The first kappa shape index (κ1) is 7.39. The van der Waals surface area contributed by atoms with E-state index in [-0.39, 0.29) is 0 Å². The van der Waals surface area contributed by atoms with Crippen molar-refractivity contribution < 1.29 is 0 Å². The largest absolute Gasteiger partial charge is 0.139 e. The van der Waals surface area contributed by atoms with Crippen LogP contribution in [-0.2, 0) is 6.42 Å². The van der Waals surface area contributed by atoms with Gasteiger partial charge in [0.2, 0.25) is 0 Å². The van der Waals surface area contributed by atoms with Gasteiger partial charge in [0.15, 0.2) is 0 Å². The van der Waals surface area contributed by atoms with Crippen LogP contribution in [0.4, 0.5) is 0 Å². The maximum absolute atomic E-state index is 2.25. The Morgan fingerprint density at radius 1 is 1.40 bits per heavy atom. The SMILES string of the molecule is Bc1cccc(CCC)c1. The Morgan fingerprint density at radius 3 is 2.80 bits per heavy atom. The first-order valence-corrected chi connectivity index (χ1v) is 3.88. The highest BCUT2D eigenvalue weighted by Gasteiger charge is 1.88. The molecule has 0 saturated heterocycles. The average molecular weight is 132 g/mol. The highest BCUT2D eigenvalue weighted by molar-refractivity contribution is 6.32. The number of hydrogen-bond donors (Lipinski definition) is 0. The van der Waals surface area contributed by atoms with Crippen LogP contribution in [0.25, 0.3) is 0 Å². The normalized spacial score (nSPS) is 9.70. The molecule has 1 heteroatoms. The first-order valence-electron chi connectivity index (χ1n) is 3.88. The lowest BCUT2D eigenvalue weighted by Crippen LogP contribution is -2.01. The minimum Gasteiger partial charge on any atom is -0.0887 e. The molecule has 0 amide bonds. The standard InChI is InChI=1S/C9H13B/c1-2-4-8-5-3-6-9(10)7-8/h3,5-7H,2,4,10H2,1H3. The third kappa shape index (κ3) is 1.91. The molecule has 0 saturated carbocycles. The second-order valence-electron chi connectivity index (χ2n) is 2.74. The quantitative estimate of drug-likeness (QED) is 0.524. The van der Waals surface area contributed by atoms with Crippen LogP contribution in [0.3, 0.4) is 0 Å². The second kappa shape index (κ2) is 3.45. The van der Waals surface area contributed by atoms with E-state index in [9.17, 15) is 0 Å². The second-order valence-corrected chi connectivity index (χ2v) is 2.74. The maximum atomic E-state index is 2.25. The summed E-state index contributed by atoms with van der Waals surface area (Å²) in [4.78, 5) is 0. The van der Waals surface area contributed by atoms with E-state index in [0.29, 0.717) is 0 Å². The molecule has 10 heavy (non-hydrogen) atoms. The Balaban J connectivity index is 2.75. The zero-order valence-electron chi connectivity index (χ0n) is 6.72. The maximum Gasteiger partial charge on any atom is 0.139 e. The summed E-state index contributed by atoms with van der Waals surface area (Å²) in [6, 6.07) is 8.71. The van der Waals surface area contributed by atoms with E-state index in [1.54, 1.807) is 0 Å². The average Bonchev–Trinajstić information content (AvgIpc) is 1.88. The van der Waals surface area contributed by atoms with Gasteiger partial charge in [-0.1, -0.05) is 43.1 Å². The molecule has 1 rings (SSSR count). The Kier molecular flexibility index (Phi) is 2.55. The summed E-state index contributed by atoms with van der Waals surface area (Å²) in [6.45, 7) is 2.21. The Hall–Kier alpha value is -0.715. The van der Waals surface area contributed by atoms with Crippen molar-refractivity contribution in [2.24, 2.45) is 0 Å². The molecule has 0 atom stereocenters. The Morgan fingerprint density at radius 2 is 2.20 bits per heavy atom. The molecule has 0 aliphatic carbocycles. The van der Waals surface area contributed by atoms with Gasteiger partial charge in [-0.15, -0.1) is 0 Å². The van der Waals surface area contributed by atoms with Crippen LogP contribution in [0.1, 0.15) is 18.9 Å². The molecule has 0 N–H and O–H groups in total. The topological polar surface area (TPSA) is 0 Å². The first-order chi connectivity index (χ1) is 4.83. The van der Waals surface area contributed by atoms with Crippen molar-refractivity contribution in [1.82, 2.24) is 0 Å². The van der Waals surface area contributed by atoms with E-state index in [4.69, 9.17) is 0 Å². The van der Waals surface area contributed by atoms with Gasteiger partial charge < -0.3 is 0 Å². The van der Waals surface area contributed by atoms with Gasteiger partial charge in [-0.05, 0) is 12.0 Å². The van der Waals surface area contributed by atoms with Crippen LogP contribution in [-0.4, -0.2) is 7.85 Å². The zero-order valence-corrected chi connectivity index (χ0v) is 6.72. The van der Waals surface area contributed by atoms with Gasteiger partial charge in [-0.25, -0.2) is 0 Å².